The van der Waals surface area contributed by atoms with Gasteiger partial charge < -0.3 is 14.7 Å². The van der Waals surface area contributed by atoms with Gasteiger partial charge in [0, 0.05) is 18.2 Å². The van der Waals surface area contributed by atoms with Gasteiger partial charge in [-0.25, -0.2) is 0 Å². The smallest absolute Gasteiger partial charge is 0.258 e. The molecular formula is C18H16ClNO3. The Morgan fingerprint density at radius 3 is 2.78 bits per heavy atom. The van der Waals surface area contributed by atoms with Gasteiger partial charge in [-0.1, -0.05) is 29.8 Å². The van der Waals surface area contributed by atoms with Crippen molar-refractivity contribution in [1.82, 2.24) is 0 Å². The minimum absolute atomic E-state index is 0.0756. The van der Waals surface area contributed by atoms with E-state index >= 15 is 0 Å². The van der Waals surface area contributed by atoms with Gasteiger partial charge in [-0.15, -0.1) is 0 Å². The Morgan fingerprint density at radius 2 is 2.04 bits per heavy atom. The minimum Gasteiger partial charge on any atom is -0.503 e. The summed E-state index contributed by atoms with van der Waals surface area (Å²) >= 11 is 6.05. The summed E-state index contributed by atoms with van der Waals surface area (Å²) in [7, 11) is 1.75. The van der Waals surface area contributed by atoms with Crippen LogP contribution in [0.3, 0.4) is 0 Å². The van der Waals surface area contributed by atoms with E-state index in [-0.39, 0.29) is 16.7 Å². The molecule has 0 bridgehead atoms. The second-order valence-electron chi connectivity index (χ2n) is 5.22. The average molecular weight is 330 g/mol. The fourth-order valence-corrected chi connectivity index (χ4v) is 2.87. The molecule has 0 fully saturated rings. The van der Waals surface area contributed by atoms with Gasteiger partial charge in [0.2, 0.25) is 0 Å². The number of ether oxygens (including phenoxy) is 1. The van der Waals surface area contributed by atoms with Crippen LogP contribution >= 0.6 is 11.6 Å². The number of likely N-dealkylation sites (N-methyl/N-ethyl adjacent to an activating group) is 1. The molecule has 0 saturated carbocycles. The van der Waals surface area contributed by atoms with Gasteiger partial charge in [-0.05, 0) is 36.8 Å². The van der Waals surface area contributed by atoms with Crippen LogP contribution < -0.4 is 9.64 Å². The van der Waals surface area contributed by atoms with Crippen molar-refractivity contribution in [2.45, 2.75) is 6.92 Å². The van der Waals surface area contributed by atoms with Crippen LogP contribution in [-0.4, -0.2) is 24.7 Å². The second kappa shape index (κ2) is 5.97. The monoisotopic (exact) mass is 329 g/mol. The largest absolute Gasteiger partial charge is 0.503 e. The first kappa shape index (κ1) is 15.4. The highest BCUT2D eigenvalue weighted by Crippen LogP contribution is 2.39. The third kappa shape index (κ3) is 2.66. The molecule has 23 heavy (non-hydrogen) atoms. The summed E-state index contributed by atoms with van der Waals surface area (Å²) in [4.78, 5) is 14.1. The van der Waals surface area contributed by atoms with Gasteiger partial charge in [0.15, 0.2) is 11.5 Å². The number of amides is 1. The third-order valence-corrected chi connectivity index (χ3v) is 4.04. The van der Waals surface area contributed by atoms with E-state index in [4.69, 9.17) is 16.3 Å². The molecular weight excluding hydrogens is 314 g/mol. The Bertz CT molecular complexity index is 814. The summed E-state index contributed by atoms with van der Waals surface area (Å²) in [6, 6.07) is 10.9. The number of benzene rings is 2. The molecule has 4 nitrogen and oxygen atoms in total. The first-order valence-corrected chi connectivity index (χ1v) is 7.65. The number of rotatable bonds is 3. The lowest BCUT2D eigenvalue weighted by atomic mass is 10.0. The number of halogens is 1. The van der Waals surface area contributed by atoms with Crippen molar-refractivity contribution in [3.05, 3.63) is 52.5 Å². The summed E-state index contributed by atoms with van der Waals surface area (Å²) in [5.74, 6) is 0.137. The second-order valence-corrected chi connectivity index (χ2v) is 5.63. The summed E-state index contributed by atoms with van der Waals surface area (Å²) in [6.45, 7) is 2.23. The number of aromatic hydroxyl groups is 1. The quantitative estimate of drug-likeness (QED) is 0.867. The fraction of sp³-hybridized carbons (Fsp3) is 0.167. The van der Waals surface area contributed by atoms with Gasteiger partial charge >= 0.3 is 0 Å². The number of hydrogen-bond acceptors (Lipinski definition) is 3. The van der Waals surface area contributed by atoms with E-state index in [1.165, 1.54) is 0 Å². The van der Waals surface area contributed by atoms with Crippen molar-refractivity contribution in [3.63, 3.8) is 0 Å². The van der Waals surface area contributed by atoms with Crippen molar-refractivity contribution in [2.24, 2.45) is 0 Å². The Balaban J connectivity index is 2.10. The van der Waals surface area contributed by atoms with Crippen molar-refractivity contribution in [3.8, 4) is 11.5 Å². The van der Waals surface area contributed by atoms with Crippen molar-refractivity contribution >= 4 is 34.8 Å². The number of carbonyl (C=O) groups excluding carboxylic acids is 1. The first-order valence-electron chi connectivity index (χ1n) is 7.27. The Hall–Kier alpha value is -2.46. The number of para-hydroxylation sites is 1. The van der Waals surface area contributed by atoms with E-state index in [9.17, 15) is 9.90 Å². The third-order valence-electron chi connectivity index (χ3n) is 3.75. The van der Waals surface area contributed by atoms with E-state index in [2.05, 4.69) is 0 Å². The van der Waals surface area contributed by atoms with Crippen LogP contribution in [0.15, 0.2) is 36.4 Å². The molecule has 2 aromatic rings. The summed E-state index contributed by atoms with van der Waals surface area (Å²) in [5, 5.41) is 10.1. The SMILES string of the molecule is CCOc1cc(C=C2C(=O)N(C)c3ccccc32)cc(Cl)c1O. The van der Waals surface area contributed by atoms with Gasteiger partial charge in [0.05, 0.1) is 17.3 Å². The van der Waals surface area contributed by atoms with Gasteiger partial charge in [0.25, 0.3) is 5.91 Å². The molecule has 0 spiro atoms. The number of phenolic OH excluding ortho intramolecular Hbond substituents is 1. The topological polar surface area (TPSA) is 49.8 Å². The highest BCUT2D eigenvalue weighted by Gasteiger charge is 2.29. The molecule has 2 aromatic carbocycles. The van der Waals surface area contributed by atoms with Crippen LogP contribution in [0.5, 0.6) is 11.5 Å². The molecule has 0 unspecified atom stereocenters. The van der Waals surface area contributed by atoms with E-state index in [1.54, 1.807) is 30.2 Å². The molecule has 5 heteroatoms. The normalized spacial score (nSPS) is 15.2. The van der Waals surface area contributed by atoms with Crippen LogP contribution in [-0.2, 0) is 4.79 Å². The molecule has 0 atom stereocenters. The first-order chi connectivity index (χ1) is 11.0. The van der Waals surface area contributed by atoms with Crippen molar-refractivity contribution in [1.29, 1.82) is 0 Å². The molecule has 1 heterocycles. The zero-order chi connectivity index (χ0) is 16.6. The predicted molar refractivity (Wildman–Crippen MR) is 92.0 cm³/mol. The Kier molecular flexibility index (Phi) is 4.01. The summed E-state index contributed by atoms with van der Waals surface area (Å²) in [5.41, 5.74) is 3.04. The Labute approximate surface area is 139 Å². The standard InChI is InChI=1S/C18H16ClNO3/c1-3-23-16-10-11(9-14(19)17(16)21)8-13-12-6-4-5-7-15(12)20(2)18(13)22/h4-10,21H,3H2,1-2H3. The van der Waals surface area contributed by atoms with Crippen LogP contribution in [0.4, 0.5) is 5.69 Å². The number of fused-ring (bicyclic) bond motifs is 1. The maximum Gasteiger partial charge on any atom is 0.258 e. The van der Waals surface area contributed by atoms with Crippen LogP contribution in [0.1, 0.15) is 18.1 Å². The van der Waals surface area contributed by atoms with E-state index in [0.717, 1.165) is 11.3 Å². The van der Waals surface area contributed by atoms with Gasteiger partial charge in [-0.2, -0.15) is 0 Å². The highest BCUT2D eigenvalue weighted by atomic mass is 35.5. The van der Waals surface area contributed by atoms with E-state index in [0.29, 0.717) is 23.5 Å². The number of carbonyl (C=O) groups is 1. The van der Waals surface area contributed by atoms with Crippen LogP contribution in [0.2, 0.25) is 5.02 Å². The molecule has 1 amide bonds. The summed E-state index contributed by atoms with van der Waals surface area (Å²) < 4.78 is 5.38. The highest BCUT2D eigenvalue weighted by molar-refractivity contribution is 6.36. The molecule has 0 saturated heterocycles. The number of nitrogens with zero attached hydrogens (tertiary/aromatic N) is 1. The molecule has 118 valence electrons. The van der Waals surface area contributed by atoms with E-state index in [1.807, 2.05) is 31.2 Å². The molecule has 1 aliphatic rings. The lowest BCUT2D eigenvalue weighted by Gasteiger charge is -2.09. The summed E-state index contributed by atoms with van der Waals surface area (Å²) in [6.07, 6.45) is 1.76. The van der Waals surface area contributed by atoms with Crippen molar-refractivity contribution < 1.29 is 14.6 Å². The van der Waals surface area contributed by atoms with Crippen LogP contribution in [0, 0.1) is 0 Å². The molecule has 0 aromatic heterocycles. The van der Waals surface area contributed by atoms with Gasteiger partial charge in [0.1, 0.15) is 0 Å². The minimum atomic E-state index is -0.0917. The molecule has 1 N–H and O–H groups in total. The lowest BCUT2D eigenvalue weighted by molar-refractivity contribution is -0.112. The number of anilines is 1. The molecule has 1 aliphatic heterocycles. The van der Waals surface area contributed by atoms with Crippen LogP contribution in [0.25, 0.3) is 11.6 Å². The Morgan fingerprint density at radius 1 is 1.30 bits per heavy atom. The zero-order valence-corrected chi connectivity index (χ0v) is 13.6. The zero-order valence-electron chi connectivity index (χ0n) is 12.8. The number of phenols is 1. The fourth-order valence-electron chi connectivity index (χ4n) is 2.65. The molecule has 0 radical (unpaired) electrons. The van der Waals surface area contributed by atoms with Gasteiger partial charge in [-0.3, -0.25) is 4.79 Å². The molecule has 0 aliphatic carbocycles. The number of hydrogen-bond donors (Lipinski definition) is 1. The van der Waals surface area contributed by atoms with E-state index < -0.39 is 0 Å². The maximum atomic E-state index is 12.5. The lowest BCUT2D eigenvalue weighted by Crippen LogP contribution is -2.20. The van der Waals surface area contributed by atoms with Crippen molar-refractivity contribution in [2.75, 3.05) is 18.6 Å². The average Bonchev–Trinajstić information content (AvgIpc) is 2.78. The maximum absolute atomic E-state index is 12.5. The molecule has 3 rings (SSSR count). The predicted octanol–water partition coefficient (Wildman–Crippen LogP) is 3.96.